The van der Waals surface area contributed by atoms with E-state index in [0.29, 0.717) is 17.8 Å². The van der Waals surface area contributed by atoms with Crippen molar-refractivity contribution >= 4 is 33.5 Å². The molecule has 2 rings (SSSR count). The molecule has 0 fully saturated rings. The van der Waals surface area contributed by atoms with Crippen LogP contribution in [0.5, 0.6) is 0 Å². The van der Waals surface area contributed by atoms with Crippen LogP contribution in [0.25, 0.3) is 0 Å². The van der Waals surface area contributed by atoms with Crippen LogP contribution in [0.1, 0.15) is 26.3 Å². The molecule has 0 atom stereocenters. The number of halogens is 1. The van der Waals surface area contributed by atoms with Crippen LogP contribution >= 0.6 is 15.9 Å². The van der Waals surface area contributed by atoms with Crippen molar-refractivity contribution in [1.82, 2.24) is 0 Å². The Labute approximate surface area is 129 Å². The molecule has 0 spiro atoms. The largest absolute Gasteiger partial charge is 0.478 e. The first kappa shape index (κ1) is 15.1. The number of nitrogens with one attached hydrogen (secondary N) is 1. The van der Waals surface area contributed by atoms with E-state index < -0.39 is 11.9 Å². The van der Waals surface area contributed by atoms with Crippen LogP contribution in [0.2, 0.25) is 0 Å². The lowest BCUT2D eigenvalue weighted by Crippen LogP contribution is -2.14. The fourth-order valence-electron chi connectivity index (χ4n) is 1.89. The van der Waals surface area contributed by atoms with E-state index in [4.69, 9.17) is 10.8 Å². The number of benzene rings is 2. The molecule has 2 aromatic rings. The third kappa shape index (κ3) is 3.82. The van der Waals surface area contributed by atoms with E-state index in [9.17, 15) is 9.59 Å². The fourth-order valence-corrected chi connectivity index (χ4v) is 2.25. The van der Waals surface area contributed by atoms with Gasteiger partial charge in [-0.15, -0.1) is 0 Å². The van der Waals surface area contributed by atoms with Gasteiger partial charge in [0, 0.05) is 16.7 Å². The Hall–Kier alpha value is -2.34. The molecule has 2 aromatic carbocycles. The number of aromatic carboxylic acids is 1. The SMILES string of the molecule is NC(=O)c1ccc(Br)cc1NCc1cccc(C(=O)O)c1. The lowest BCUT2D eigenvalue weighted by atomic mass is 10.1. The molecule has 4 N–H and O–H groups in total. The van der Waals surface area contributed by atoms with Crippen LogP contribution in [0.15, 0.2) is 46.9 Å². The minimum absolute atomic E-state index is 0.221. The van der Waals surface area contributed by atoms with Gasteiger partial charge in [-0.2, -0.15) is 0 Å². The molecular weight excluding hydrogens is 336 g/mol. The van der Waals surface area contributed by atoms with Crippen molar-refractivity contribution in [2.75, 3.05) is 5.32 Å². The number of amides is 1. The molecule has 6 heteroatoms. The highest BCUT2D eigenvalue weighted by atomic mass is 79.9. The molecule has 0 heterocycles. The Kier molecular flexibility index (Phi) is 4.59. The third-order valence-electron chi connectivity index (χ3n) is 2.90. The van der Waals surface area contributed by atoms with E-state index >= 15 is 0 Å². The van der Waals surface area contributed by atoms with E-state index in [-0.39, 0.29) is 5.56 Å². The molecule has 0 bridgehead atoms. The second-order valence-electron chi connectivity index (χ2n) is 4.41. The molecule has 0 aliphatic carbocycles. The summed E-state index contributed by atoms with van der Waals surface area (Å²) < 4.78 is 0.814. The molecule has 0 saturated heterocycles. The van der Waals surface area contributed by atoms with Crippen molar-refractivity contribution in [3.8, 4) is 0 Å². The van der Waals surface area contributed by atoms with Crippen LogP contribution in [-0.4, -0.2) is 17.0 Å². The summed E-state index contributed by atoms with van der Waals surface area (Å²) in [5.41, 5.74) is 7.32. The molecule has 1 amide bonds. The van der Waals surface area contributed by atoms with Crippen LogP contribution in [-0.2, 0) is 6.54 Å². The summed E-state index contributed by atoms with van der Waals surface area (Å²) in [5, 5.41) is 12.1. The normalized spacial score (nSPS) is 10.1. The standard InChI is InChI=1S/C15H13BrN2O3/c16-11-4-5-12(14(17)19)13(7-11)18-8-9-2-1-3-10(6-9)15(20)21/h1-7,18H,8H2,(H2,17,19)(H,20,21). The van der Waals surface area contributed by atoms with E-state index in [2.05, 4.69) is 21.2 Å². The van der Waals surface area contributed by atoms with Gasteiger partial charge in [-0.25, -0.2) is 4.79 Å². The first-order chi connectivity index (χ1) is 9.97. The van der Waals surface area contributed by atoms with Crippen LogP contribution in [0.4, 0.5) is 5.69 Å². The number of carbonyl (C=O) groups is 2. The minimum Gasteiger partial charge on any atom is -0.478 e. The third-order valence-corrected chi connectivity index (χ3v) is 3.40. The predicted molar refractivity (Wildman–Crippen MR) is 83.4 cm³/mol. The van der Waals surface area contributed by atoms with Crippen molar-refractivity contribution in [2.45, 2.75) is 6.54 Å². The summed E-state index contributed by atoms with van der Waals surface area (Å²) in [4.78, 5) is 22.3. The van der Waals surface area contributed by atoms with Gasteiger partial charge in [0.15, 0.2) is 0 Å². The van der Waals surface area contributed by atoms with E-state index in [1.165, 1.54) is 6.07 Å². The number of nitrogens with two attached hydrogens (primary N) is 1. The fraction of sp³-hybridized carbons (Fsp3) is 0.0667. The average Bonchev–Trinajstić information content (AvgIpc) is 2.45. The number of anilines is 1. The first-order valence-corrected chi connectivity index (χ1v) is 6.92. The topological polar surface area (TPSA) is 92.4 Å². The highest BCUT2D eigenvalue weighted by Crippen LogP contribution is 2.22. The van der Waals surface area contributed by atoms with Crippen molar-refractivity contribution in [3.63, 3.8) is 0 Å². The lowest BCUT2D eigenvalue weighted by molar-refractivity contribution is 0.0696. The predicted octanol–water partition coefficient (Wildman–Crippen LogP) is 2.86. The second-order valence-corrected chi connectivity index (χ2v) is 5.33. The Morgan fingerprint density at radius 3 is 2.62 bits per heavy atom. The van der Waals surface area contributed by atoms with Crippen molar-refractivity contribution in [3.05, 3.63) is 63.6 Å². The maximum atomic E-state index is 11.4. The monoisotopic (exact) mass is 348 g/mol. The number of hydrogen-bond acceptors (Lipinski definition) is 3. The van der Waals surface area contributed by atoms with Crippen LogP contribution in [0.3, 0.4) is 0 Å². The summed E-state index contributed by atoms with van der Waals surface area (Å²) in [5.74, 6) is -1.50. The van der Waals surface area contributed by atoms with Gasteiger partial charge in [0.25, 0.3) is 5.91 Å². The Morgan fingerprint density at radius 1 is 1.19 bits per heavy atom. The zero-order chi connectivity index (χ0) is 15.4. The van der Waals surface area contributed by atoms with Gasteiger partial charge in [0.05, 0.1) is 11.1 Å². The summed E-state index contributed by atoms with van der Waals surface area (Å²) in [7, 11) is 0. The molecule has 21 heavy (non-hydrogen) atoms. The van der Waals surface area contributed by atoms with Crippen LogP contribution < -0.4 is 11.1 Å². The summed E-state index contributed by atoms with van der Waals surface area (Å²) in [6.45, 7) is 0.387. The van der Waals surface area contributed by atoms with Crippen LogP contribution in [0, 0.1) is 0 Å². The minimum atomic E-state index is -0.975. The average molecular weight is 349 g/mol. The summed E-state index contributed by atoms with van der Waals surface area (Å²) in [6, 6.07) is 11.7. The molecule has 0 aliphatic heterocycles. The molecule has 0 radical (unpaired) electrons. The summed E-state index contributed by atoms with van der Waals surface area (Å²) in [6.07, 6.45) is 0. The number of rotatable bonds is 5. The highest BCUT2D eigenvalue weighted by molar-refractivity contribution is 9.10. The van der Waals surface area contributed by atoms with Gasteiger partial charge in [-0.1, -0.05) is 28.1 Å². The van der Waals surface area contributed by atoms with Gasteiger partial charge in [-0.3, -0.25) is 4.79 Å². The maximum absolute atomic E-state index is 11.4. The van der Waals surface area contributed by atoms with Gasteiger partial charge in [-0.05, 0) is 35.9 Å². The van der Waals surface area contributed by atoms with Gasteiger partial charge in [0.2, 0.25) is 0 Å². The van der Waals surface area contributed by atoms with Crippen molar-refractivity contribution in [1.29, 1.82) is 0 Å². The molecule has 0 unspecified atom stereocenters. The number of carboxylic acids is 1. The van der Waals surface area contributed by atoms with Gasteiger partial charge < -0.3 is 16.2 Å². The van der Waals surface area contributed by atoms with Crippen molar-refractivity contribution in [2.24, 2.45) is 5.73 Å². The van der Waals surface area contributed by atoms with E-state index in [1.54, 1.807) is 36.4 Å². The smallest absolute Gasteiger partial charge is 0.335 e. The molecular formula is C15H13BrN2O3. The van der Waals surface area contributed by atoms with Gasteiger partial charge >= 0.3 is 5.97 Å². The van der Waals surface area contributed by atoms with Gasteiger partial charge in [0.1, 0.15) is 0 Å². The maximum Gasteiger partial charge on any atom is 0.335 e. The molecule has 0 saturated carbocycles. The second kappa shape index (κ2) is 6.41. The number of carbonyl (C=O) groups excluding carboxylic acids is 1. The summed E-state index contributed by atoms with van der Waals surface area (Å²) >= 11 is 3.33. The first-order valence-electron chi connectivity index (χ1n) is 6.13. The van der Waals surface area contributed by atoms with Crippen molar-refractivity contribution < 1.29 is 14.7 Å². The molecule has 108 valence electrons. The quantitative estimate of drug-likeness (QED) is 0.774. The number of carboxylic acid groups (broad SMARTS) is 1. The number of primary amides is 1. The van der Waals surface area contributed by atoms with E-state index in [0.717, 1.165) is 10.0 Å². The molecule has 0 aromatic heterocycles. The Bertz CT molecular complexity index is 701. The zero-order valence-corrected chi connectivity index (χ0v) is 12.6. The molecule has 5 nitrogen and oxygen atoms in total. The zero-order valence-electron chi connectivity index (χ0n) is 11.0. The molecule has 0 aliphatic rings. The Balaban J connectivity index is 2.20. The number of hydrogen-bond donors (Lipinski definition) is 3. The lowest BCUT2D eigenvalue weighted by Gasteiger charge is -2.11. The van der Waals surface area contributed by atoms with E-state index in [1.807, 2.05) is 0 Å². The Morgan fingerprint density at radius 2 is 1.95 bits per heavy atom. The highest BCUT2D eigenvalue weighted by Gasteiger charge is 2.09.